The molecule has 30 heavy (non-hydrogen) atoms. The highest BCUT2D eigenvalue weighted by atomic mass is 32.2. The highest BCUT2D eigenvalue weighted by Crippen LogP contribution is 2.28. The summed E-state index contributed by atoms with van der Waals surface area (Å²) in [6, 6.07) is 24.8. The topological polar surface area (TPSA) is 37.4 Å². The maximum atomic E-state index is 13.1. The summed E-state index contributed by atoms with van der Waals surface area (Å²) in [6.45, 7) is 5.01. The van der Waals surface area contributed by atoms with Gasteiger partial charge in [-0.1, -0.05) is 66.7 Å². The Labute approximate surface area is 180 Å². The predicted molar refractivity (Wildman–Crippen MR) is 123 cm³/mol. The summed E-state index contributed by atoms with van der Waals surface area (Å²) in [6.07, 6.45) is 2.82. The minimum atomic E-state index is -3.41. The molecule has 0 aromatic heterocycles. The lowest BCUT2D eigenvalue weighted by Gasteiger charge is -2.31. The summed E-state index contributed by atoms with van der Waals surface area (Å²) < 4.78 is 27.9. The van der Waals surface area contributed by atoms with Crippen molar-refractivity contribution in [1.29, 1.82) is 0 Å². The zero-order chi connectivity index (χ0) is 21.1. The van der Waals surface area contributed by atoms with Crippen molar-refractivity contribution in [3.8, 4) is 11.1 Å². The van der Waals surface area contributed by atoms with E-state index in [0.717, 1.165) is 30.4 Å². The van der Waals surface area contributed by atoms with Gasteiger partial charge in [0.25, 0.3) is 0 Å². The lowest BCUT2D eigenvalue weighted by molar-refractivity contribution is 0.272. The molecule has 0 bridgehead atoms. The lowest BCUT2D eigenvalue weighted by Crippen LogP contribution is -2.39. The van der Waals surface area contributed by atoms with Gasteiger partial charge >= 0.3 is 0 Å². The first-order valence-electron chi connectivity index (χ1n) is 10.7. The van der Waals surface area contributed by atoms with Crippen molar-refractivity contribution in [1.82, 2.24) is 4.31 Å². The van der Waals surface area contributed by atoms with E-state index in [1.165, 1.54) is 16.7 Å². The molecular formula is C26H29NO2S. The van der Waals surface area contributed by atoms with Gasteiger partial charge in [0, 0.05) is 13.1 Å². The van der Waals surface area contributed by atoms with Gasteiger partial charge in [-0.3, -0.25) is 0 Å². The van der Waals surface area contributed by atoms with Crippen LogP contribution >= 0.6 is 0 Å². The fourth-order valence-electron chi connectivity index (χ4n) is 4.28. The van der Waals surface area contributed by atoms with Gasteiger partial charge in [-0.2, -0.15) is 4.31 Å². The molecule has 1 aliphatic rings. The Morgan fingerprint density at radius 3 is 2.13 bits per heavy atom. The highest BCUT2D eigenvalue weighted by molar-refractivity contribution is 7.89. The molecule has 3 nitrogen and oxygen atoms in total. The van der Waals surface area contributed by atoms with Crippen molar-refractivity contribution in [2.75, 3.05) is 13.1 Å². The van der Waals surface area contributed by atoms with E-state index in [0.29, 0.717) is 23.9 Å². The number of nitrogens with zero attached hydrogens (tertiary/aromatic N) is 1. The van der Waals surface area contributed by atoms with Gasteiger partial charge in [-0.25, -0.2) is 8.42 Å². The second-order valence-corrected chi connectivity index (χ2v) is 10.3. The van der Waals surface area contributed by atoms with E-state index in [2.05, 4.69) is 48.5 Å². The first-order chi connectivity index (χ1) is 14.4. The molecule has 0 saturated carbocycles. The SMILES string of the molecule is Cc1ccc(C)c(S(=O)(=O)N2CCC(Cc3ccc(-c4ccccc4)cc3)CC2)c1. The number of hydrogen-bond acceptors (Lipinski definition) is 2. The zero-order valence-corrected chi connectivity index (χ0v) is 18.5. The highest BCUT2D eigenvalue weighted by Gasteiger charge is 2.30. The lowest BCUT2D eigenvalue weighted by atomic mass is 9.90. The normalized spacial score (nSPS) is 15.9. The third-order valence-electron chi connectivity index (χ3n) is 6.12. The standard InChI is InChI=1S/C26H29NO2S/c1-20-8-9-21(2)26(18-20)30(28,29)27-16-14-23(15-17-27)19-22-10-12-25(13-11-22)24-6-4-3-5-7-24/h3-13,18,23H,14-17,19H2,1-2H3. The smallest absolute Gasteiger partial charge is 0.207 e. The van der Waals surface area contributed by atoms with Crippen molar-refractivity contribution in [3.63, 3.8) is 0 Å². The van der Waals surface area contributed by atoms with Crippen LogP contribution in [0.15, 0.2) is 77.7 Å². The zero-order valence-electron chi connectivity index (χ0n) is 17.7. The van der Waals surface area contributed by atoms with Crippen molar-refractivity contribution in [2.24, 2.45) is 5.92 Å². The van der Waals surface area contributed by atoms with Crippen molar-refractivity contribution < 1.29 is 8.42 Å². The van der Waals surface area contributed by atoms with Crippen LogP contribution in [0.4, 0.5) is 0 Å². The average molecular weight is 420 g/mol. The fourth-order valence-corrected chi connectivity index (χ4v) is 6.05. The van der Waals surface area contributed by atoms with E-state index in [1.807, 2.05) is 32.0 Å². The molecule has 156 valence electrons. The molecule has 0 spiro atoms. The largest absolute Gasteiger partial charge is 0.243 e. The Kier molecular flexibility index (Phi) is 6.07. The molecule has 0 unspecified atom stereocenters. The Hall–Kier alpha value is -2.43. The first-order valence-corrected chi connectivity index (χ1v) is 12.1. The minimum absolute atomic E-state index is 0.456. The minimum Gasteiger partial charge on any atom is -0.207 e. The molecule has 1 saturated heterocycles. The number of hydrogen-bond donors (Lipinski definition) is 0. The maximum Gasteiger partial charge on any atom is 0.243 e. The number of aryl methyl sites for hydroxylation is 2. The van der Waals surface area contributed by atoms with Gasteiger partial charge < -0.3 is 0 Å². The third-order valence-corrected chi connectivity index (χ3v) is 8.16. The van der Waals surface area contributed by atoms with Crippen LogP contribution in [0.25, 0.3) is 11.1 Å². The fraction of sp³-hybridized carbons (Fsp3) is 0.308. The maximum absolute atomic E-state index is 13.1. The van der Waals surface area contributed by atoms with Crippen LogP contribution in [0.2, 0.25) is 0 Å². The monoisotopic (exact) mass is 419 g/mol. The molecule has 0 aliphatic carbocycles. The number of rotatable bonds is 5. The predicted octanol–water partition coefficient (Wildman–Crippen LogP) is 5.61. The molecule has 1 fully saturated rings. The van der Waals surface area contributed by atoms with Crippen LogP contribution in [0.1, 0.15) is 29.5 Å². The Bertz CT molecular complexity index is 1100. The third kappa shape index (κ3) is 4.50. The first kappa shape index (κ1) is 20.8. The van der Waals surface area contributed by atoms with E-state index < -0.39 is 10.0 Å². The summed E-state index contributed by atoms with van der Waals surface area (Å²) in [5.74, 6) is 0.526. The van der Waals surface area contributed by atoms with E-state index in [9.17, 15) is 8.42 Å². The quantitative estimate of drug-likeness (QED) is 0.539. The van der Waals surface area contributed by atoms with Crippen LogP contribution in [0, 0.1) is 19.8 Å². The van der Waals surface area contributed by atoms with Crippen LogP contribution in [-0.4, -0.2) is 25.8 Å². The summed E-state index contributed by atoms with van der Waals surface area (Å²) in [5.41, 5.74) is 5.59. The number of sulfonamides is 1. The average Bonchev–Trinajstić information content (AvgIpc) is 2.77. The molecule has 0 radical (unpaired) electrons. The molecule has 0 N–H and O–H groups in total. The molecule has 1 heterocycles. The molecule has 3 aromatic rings. The molecule has 0 amide bonds. The Balaban J connectivity index is 1.38. The molecular weight excluding hydrogens is 390 g/mol. The van der Waals surface area contributed by atoms with Gasteiger partial charge in [-0.05, 0) is 72.9 Å². The van der Waals surface area contributed by atoms with Crippen LogP contribution in [0.5, 0.6) is 0 Å². The second kappa shape index (κ2) is 8.75. The van der Waals surface area contributed by atoms with E-state index in [4.69, 9.17) is 0 Å². The second-order valence-electron chi connectivity index (χ2n) is 8.38. The molecule has 3 aromatic carbocycles. The van der Waals surface area contributed by atoms with Crippen molar-refractivity contribution in [2.45, 2.75) is 38.0 Å². The summed E-state index contributed by atoms with van der Waals surface area (Å²) >= 11 is 0. The Morgan fingerprint density at radius 2 is 1.47 bits per heavy atom. The van der Waals surface area contributed by atoms with Crippen LogP contribution in [0.3, 0.4) is 0 Å². The molecule has 0 atom stereocenters. The van der Waals surface area contributed by atoms with Gasteiger partial charge in [0.1, 0.15) is 0 Å². The van der Waals surface area contributed by atoms with Gasteiger partial charge in [0.2, 0.25) is 10.0 Å². The van der Waals surface area contributed by atoms with Gasteiger partial charge in [-0.15, -0.1) is 0 Å². The summed E-state index contributed by atoms with van der Waals surface area (Å²) in [5, 5.41) is 0. The van der Waals surface area contributed by atoms with Crippen molar-refractivity contribution in [3.05, 3.63) is 89.5 Å². The van der Waals surface area contributed by atoms with E-state index in [1.54, 1.807) is 10.4 Å². The molecule has 4 rings (SSSR count). The van der Waals surface area contributed by atoms with E-state index >= 15 is 0 Å². The number of piperidine rings is 1. The number of benzene rings is 3. The van der Waals surface area contributed by atoms with Gasteiger partial charge in [0.05, 0.1) is 4.90 Å². The van der Waals surface area contributed by atoms with Crippen LogP contribution < -0.4 is 0 Å². The Morgan fingerprint density at radius 1 is 0.833 bits per heavy atom. The summed E-state index contributed by atoms with van der Waals surface area (Å²) in [4.78, 5) is 0.456. The van der Waals surface area contributed by atoms with Gasteiger partial charge in [0.15, 0.2) is 0 Å². The molecule has 4 heteroatoms. The molecule has 1 aliphatic heterocycles. The van der Waals surface area contributed by atoms with Crippen molar-refractivity contribution >= 4 is 10.0 Å². The van der Waals surface area contributed by atoms with E-state index in [-0.39, 0.29) is 0 Å². The summed E-state index contributed by atoms with van der Waals surface area (Å²) in [7, 11) is -3.41. The van der Waals surface area contributed by atoms with Crippen LogP contribution in [-0.2, 0) is 16.4 Å².